The van der Waals surface area contributed by atoms with Crippen molar-refractivity contribution in [3.63, 3.8) is 0 Å². The van der Waals surface area contributed by atoms with Crippen molar-refractivity contribution in [2.75, 3.05) is 25.4 Å². The summed E-state index contributed by atoms with van der Waals surface area (Å²) < 4.78 is 26.1. The van der Waals surface area contributed by atoms with Crippen LogP contribution in [-0.2, 0) is 10.0 Å². The van der Waals surface area contributed by atoms with Gasteiger partial charge in [-0.25, -0.2) is 13.1 Å². The quantitative estimate of drug-likeness (QED) is 0.663. The Bertz CT molecular complexity index is 272. The van der Waals surface area contributed by atoms with E-state index in [0.717, 1.165) is 45.2 Å². The fourth-order valence-electron chi connectivity index (χ4n) is 2.04. The van der Waals surface area contributed by atoms with Crippen molar-refractivity contribution in [1.82, 2.24) is 10.0 Å². The number of sulfonamides is 1. The Balaban J connectivity index is 2.22. The van der Waals surface area contributed by atoms with Crippen molar-refractivity contribution >= 4 is 10.0 Å². The summed E-state index contributed by atoms with van der Waals surface area (Å²) in [4.78, 5) is 0. The second-order valence-electron chi connectivity index (χ2n) is 4.60. The third kappa shape index (κ3) is 5.82. The van der Waals surface area contributed by atoms with E-state index in [0.29, 0.717) is 6.54 Å². The minimum absolute atomic E-state index is 0.284. The lowest BCUT2D eigenvalue weighted by Gasteiger charge is -2.22. The average molecular weight is 248 g/mol. The van der Waals surface area contributed by atoms with E-state index in [2.05, 4.69) is 17.0 Å². The third-order valence-electron chi connectivity index (χ3n) is 2.96. The second kappa shape index (κ2) is 7.25. The van der Waals surface area contributed by atoms with Gasteiger partial charge in [0.2, 0.25) is 10.0 Å². The molecule has 1 rings (SSSR count). The van der Waals surface area contributed by atoms with Crippen LogP contribution in [0.15, 0.2) is 0 Å². The molecule has 0 aromatic carbocycles. The third-order valence-corrected chi connectivity index (χ3v) is 4.51. The minimum atomic E-state index is -3.05. The van der Waals surface area contributed by atoms with Gasteiger partial charge in [0, 0.05) is 6.54 Å². The monoisotopic (exact) mass is 248 g/mol. The Kier molecular flexibility index (Phi) is 6.31. The molecule has 1 fully saturated rings. The molecule has 1 aliphatic heterocycles. The van der Waals surface area contributed by atoms with Crippen molar-refractivity contribution in [2.45, 2.75) is 39.0 Å². The molecule has 1 heterocycles. The van der Waals surface area contributed by atoms with E-state index in [1.54, 1.807) is 0 Å². The molecule has 0 aromatic rings. The first-order chi connectivity index (χ1) is 7.64. The van der Waals surface area contributed by atoms with E-state index in [9.17, 15) is 8.42 Å². The lowest BCUT2D eigenvalue weighted by Crippen LogP contribution is -2.37. The zero-order chi connectivity index (χ0) is 11.9. The maximum atomic E-state index is 11.7. The summed E-state index contributed by atoms with van der Waals surface area (Å²) in [5.74, 6) is 0.573. The van der Waals surface area contributed by atoms with Crippen molar-refractivity contribution < 1.29 is 8.42 Å². The first-order valence-corrected chi connectivity index (χ1v) is 7.97. The van der Waals surface area contributed by atoms with Crippen molar-refractivity contribution in [2.24, 2.45) is 5.92 Å². The summed E-state index contributed by atoms with van der Waals surface area (Å²) in [6.07, 6.45) is 5.28. The molecule has 96 valence electrons. The fraction of sp³-hybridized carbons (Fsp3) is 1.00. The fourth-order valence-corrected chi connectivity index (χ4v) is 3.52. The molecular formula is C11H24N2O2S. The Morgan fingerprint density at radius 2 is 2.19 bits per heavy atom. The molecule has 1 saturated heterocycles. The largest absolute Gasteiger partial charge is 0.316 e. The number of piperidine rings is 1. The molecule has 2 N–H and O–H groups in total. The first-order valence-electron chi connectivity index (χ1n) is 6.32. The predicted molar refractivity (Wildman–Crippen MR) is 66.9 cm³/mol. The summed E-state index contributed by atoms with van der Waals surface area (Å²) in [6, 6.07) is 0. The highest BCUT2D eigenvalue weighted by Gasteiger charge is 2.20. The molecule has 1 atom stereocenters. The lowest BCUT2D eigenvalue weighted by atomic mass is 10.0. The Morgan fingerprint density at radius 1 is 1.38 bits per heavy atom. The summed E-state index contributed by atoms with van der Waals surface area (Å²) in [5.41, 5.74) is 0. The highest BCUT2D eigenvalue weighted by Crippen LogP contribution is 2.11. The number of nitrogens with one attached hydrogen (secondary N) is 2. The van der Waals surface area contributed by atoms with E-state index in [1.807, 2.05) is 0 Å². The van der Waals surface area contributed by atoms with Gasteiger partial charge in [0.15, 0.2) is 0 Å². The summed E-state index contributed by atoms with van der Waals surface area (Å²) in [5, 5.41) is 3.24. The van der Waals surface area contributed by atoms with Gasteiger partial charge in [-0.05, 0) is 38.3 Å². The van der Waals surface area contributed by atoms with E-state index in [-0.39, 0.29) is 11.7 Å². The smallest absolute Gasteiger partial charge is 0.211 e. The van der Waals surface area contributed by atoms with Crippen LogP contribution in [-0.4, -0.2) is 33.8 Å². The topological polar surface area (TPSA) is 58.2 Å². The molecule has 4 nitrogen and oxygen atoms in total. The van der Waals surface area contributed by atoms with Gasteiger partial charge < -0.3 is 5.32 Å². The summed E-state index contributed by atoms with van der Waals surface area (Å²) in [6.45, 7) is 4.58. The maximum Gasteiger partial charge on any atom is 0.211 e. The molecule has 0 spiro atoms. The van der Waals surface area contributed by atoms with Crippen LogP contribution in [0.1, 0.15) is 39.0 Å². The number of unbranched alkanes of at least 4 members (excludes halogenated alkanes) is 2. The normalized spacial score (nSPS) is 22.2. The Labute approximate surface area is 99.2 Å². The molecule has 0 radical (unpaired) electrons. The Morgan fingerprint density at radius 3 is 2.81 bits per heavy atom. The highest BCUT2D eigenvalue weighted by atomic mass is 32.2. The molecule has 0 aromatic heterocycles. The van der Waals surface area contributed by atoms with Gasteiger partial charge in [-0.3, -0.25) is 0 Å². The maximum absolute atomic E-state index is 11.7. The van der Waals surface area contributed by atoms with Gasteiger partial charge in [-0.1, -0.05) is 19.8 Å². The second-order valence-corrected chi connectivity index (χ2v) is 6.45. The van der Waals surface area contributed by atoms with Crippen LogP contribution < -0.4 is 10.0 Å². The molecule has 0 aliphatic carbocycles. The molecule has 0 saturated carbocycles. The van der Waals surface area contributed by atoms with Crippen LogP contribution >= 0.6 is 0 Å². The summed E-state index contributed by atoms with van der Waals surface area (Å²) >= 11 is 0. The molecule has 16 heavy (non-hydrogen) atoms. The van der Waals surface area contributed by atoms with Crippen molar-refractivity contribution in [3.8, 4) is 0 Å². The van der Waals surface area contributed by atoms with Crippen LogP contribution in [0.2, 0.25) is 0 Å². The van der Waals surface area contributed by atoms with Crippen molar-refractivity contribution in [3.05, 3.63) is 0 Å². The molecule has 0 bridgehead atoms. The molecule has 0 amide bonds. The van der Waals surface area contributed by atoms with Gasteiger partial charge in [-0.15, -0.1) is 0 Å². The van der Waals surface area contributed by atoms with Gasteiger partial charge in [0.05, 0.1) is 5.75 Å². The molecule has 5 heteroatoms. The number of rotatable bonds is 7. The first kappa shape index (κ1) is 13.9. The standard InChI is InChI=1S/C11H24N2O2S/c1-2-3-4-8-13-16(14,15)10-11-6-5-7-12-9-11/h11-13H,2-10H2,1H3. The highest BCUT2D eigenvalue weighted by molar-refractivity contribution is 7.89. The van der Waals surface area contributed by atoms with E-state index >= 15 is 0 Å². The predicted octanol–water partition coefficient (Wildman–Crippen LogP) is 1.10. The SMILES string of the molecule is CCCCCNS(=O)(=O)CC1CCCNC1. The van der Waals surface area contributed by atoms with Crippen LogP contribution in [0, 0.1) is 5.92 Å². The van der Waals surface area contributed by atoms with Gasteiger partial charge in [-0.2, -0.15) is 0 Å². The van der Waals surface area contributed by atoms with Gasteiger partial charge >= 0.3 is 0 Å². The molecule has 1 aliphatic rings. The van der Waals surface area contributed by atoms with Crippen LogP contribution in [0.3, 0.4) is 0 Å². The zero-order valence-electron chi connectivity index (χ0n) is 10.2. The summed E-state index contributed by atoms with van der Waals surface area (Å²) in [7, 11) is -3.05. The van der Waals surface area contributed by atoms with Crippen LogP contribution in [0.25, 0.3) is 0 Å². The van der Waals surface area contributed by atoms with Gasteiger partial charge in [0.1, 0.15) is 0 Å². The average Bonchev–Trinajstić information content (AvgIpc) is 2.25. The minimum Gasteiger partial charge on any atom is -0.316 e. The molecular weight excluding hydrogens is 224 g/mol. The van der Waals surface area contributed by atoms with Gasteiger partial charge in [0.25, 0.3) is 0 Å². The molecule has 1 unspecified atom stereocenters. The Hall–Kier alpha value is -0.130. The lowest BCUT2D eigenvalue weighted by molar-refractivity contribution is 0.402. The number of hydrogen-bond donors (Lipinski definition) is 2. The van der Waals surface area contributed by atoms with E-state index < -0.39 is 10.0 Å². The zero-order valence-corrected chi connectivity index (χ0v) is 11.0. The van der Waals surface area contributed by atoms with Crippen LogP contribution in [0.5, 0.6) is 0 Å². The van der Waals surface area contributed by atoms with Crippen LogP contribution in [0.4, 0.5) is 0 Å². The number of hydrogen-bond acceptors (Lipinski definition) is 3. The van der Waals surface area contributed by atoms with Crippen molar-refractivity contribution in [1.29, 1.82) is 0 Å². The van der Waals surface area contributed by atoms with E-state index in [4.69, 9.17) is 0 Å². The van der Waals surface area contributed by atoms with E-state index in [1.165, 1.54) is 0 Å².